The Morgan fingerprint density at radius 3 is 2.65 bits per heavy atom. The number of para-hydroxylation sites is 1. The van der Waals surface area contributed by atoms with Crippen molar-refractivity contribution in [1.82, 2.24) is 15.2 Å². The van der Waals surface area contributed by atoms with Crippen LogP contribution in [0.1, 0.15) is 31.7 Å². The fraction of sp³-hybridized carbons (Fsp3) is 0.250. The zero-order valence-corrected chi connectivity index (χ0v) is 15.7. The van der Waals surface area contributed by atoms with Crippen molar-refractivity contribution < 1.29 is 4.79 Å². The van der Waals surface area contributed by atoms with E-state index in [9.17, 15) is 4.79 Å². The number of nitrogens with zero attached hydrogens (tertiary/aromatic N) is 2. The van der Waals surface area contributed by atoms with Crippen molar-refractivity contribution in [3.05, 3.63) is 60.2 Å². The number of carbonyl (C=O) groups excluding carboxylic acids is 1. The fourth-order valence-electron chi connectivity index (χ4n) is 2.61. The van der Waals surface area contributed by atoms with Crippen LogP contribution >= 0.6 is 11.8 Å². The highest BCUT2D eigenvalue weighted by Crippen LogP contribution is 2.27. The van der Waals surface area contributed by atoms with Crippen molar-refractivity contribution in [3.8, 4) is 11.4 Å². The van der Waals surface area contributed by atoms with Crippen molar-refractivity contribution in [2.24, 2.45) is 0 Å². The van der Waals surface area contributed by atoms with Crippen molar-refractivity contribution in [2.75, 3.05) is 11.1 Å². The van der Waals surface area contributed by atoms with Gasteiger partial charge in [0.05, 0.1) is 5.75 Å². The minimum absolute atomic E-state index is 0.0585. The zero-order valence-electron chi connectivity index (χ0n) is 14.9. The second-order valence-corrected chi connectivity index (χ2v) is 7.01. The standard InChI is InChI=1S/C20H22N4OS/c1-3-14(2)16-11-7-8-12-17(16)21-18(25)13-26-20-22-19(23-24-20)15-9-5-4-6-10-15/h4-12,14H,3,13H2,1-2H3,(H,21,25)(H,22,23,24)/t14-/m0/s1. The van der Waals surface area contributed by atoms with E-state index in [0.29, 0.717) is 16.9 Å². The molecule has 0 saturated heterocycles. The largest absolute Gasteiger partial charge is 0.325 e. The number of benzene rings is 2. The lowest BCUT2D eigenvalue weighted by Gasteiger charge is -2.15. The highest BCUT2D eigenvalue weighted by Gasteiger charge is 2.12. The van der Waals surface area contributed by atoms with Crippen LogP contribution in [-0.2, 0) is 4.79 Å². The molecule has 0 unspecified atom stereocenters. The maximum Gasteiger partial charge on any atom is 0.234 e. The second-order valence-electron chi connectivity index (χ2n) is 6.07. The minimum Gasteiger partial charge on any atom is -0.325 e. The molecule has 5 nitrogen and oxygen atoms in total. The SMILES string of the molecule is CC[C@H](C)c1ccccc1NC(=O)CSc1n[nH]c(-c2ccccc2)n1. The molecular weight excluding hydrogens is 344 g/mol. The summed E-state index contributed by atoms with van der Waals surface area (Å²) in [5.74, 6) is 1.31. The first-order valence-electron chi connectivity index (χ1n) is 8.66. The molecule has 0 bridgehead atoms. The molecule has 2 aromatic carbocycles. The number of aromatic amines is 1. The summed E-state index contributed by atoms with van der Waals surface area (Å²) in [5.41, 5.74) is 3.02. The van der Waals surface area contributed by atoms with Gasteiger partial charge in [-0.2, -0.15) is 0 Å². The molecule has 26 heavy (non-hydrogen) atoms. The normalized spacial score (nSPS) is 11.9. The van der Waals surface area contributed by atoms with Crippen LogP contribution in [0.4, 0.5) is 5.69 Å². The first kappa shape index (κ1) is 18.2. The van der Waals surface area contributed by atoms with Crippen LogP contribution in [0.5, 0.6) is 0 Å². The number of carbonyl (C=O) groups is 1. The number of aromatic nitrogens is 3. The van der Waals surface area contributed by atoms with Crippen LogP contribution in [0, 0.1) is 0 Å². The molecule has 0 fully saturated rings. The van der Waals surface area contributed by atoms with Gasteiger partial charge in [-0.3, -0.25) is 9.89 Å². The van der Waals surface area contributed by atoms with Crippen molar-refractivity contribution >= 4 is 23.4 Å². The molecule has 3 rings (SSSR count). The van der Waals surface area contributed by atoms with Crippen LogP contribution in [0.3, 0.4) is 0 Å². The number of nitrogens with one attached hydrogen (secondary N) is 2. The van der Waals surface area contributed by atoms with E-state index in [4.69, 9.17) is 0 Å². The number of rotatable bonds is 7. The van der Waals surface area contributed by atoms with E-state index < -0.39 is 0 Å². The van der Waals surface area contributed by atoms with Gasteiger partial charge in [0.2, 0.25) is 11.1 Å². The van der Waals surface area contributed by atoms with Crippen molar-refractivity contribution in [1.29, 1.82) is 0 Å². The van der Waals surface area contributed by atoms with E-state index in [-0.39, 0.29) is 11.7 Å². The van der Waals surface area contributed by atoms with Gasteiger partial charge >= 0.3 is 0 Å². The second kappa shape index (κ2) is 8.67. The summed E-state index contributed by atoms with van der Waals surface area (Å²) in [6, 6.07) is 17.8. The lowest BCUT2D eigenvalue weighted by Crippen LogP contribution is -2.16. The maximum atomic E-state index is 12.3. The Bertz CT molecular complexity index is 863. The van der Waals surface area contributed by atoms with E-state index in [2.05, 4.69) is 40.4 Å². The molecule has 1 atom stereocenters. The Balaban J connectivity index is 1.59. The summed E-state index contributed by atoms with van der Waals surface area (Å²) >= 11 is 1.32. The fourth-order valence-corrected chi connectivity index (χ4v) is 3.21. The smallest absolute Gasteiger partial charge is 0.234 e. The highest BCUT2D eigenvalue weighted by molar-refractivity contribution is 7.99. The topological polar surface area (TPSA) is 70.7 Å². The minimum atomic E-state index is -0.0585. The Morgan fingerprint density at radius 2 is 1.88 bits per heavy atom. The van der Waals surface area contributed by atoms with Gasteiger partial charge in [0.15, 0.2) is 5.82 Å². The lowest BCUT2D eigenvalue weighted by molar-refractivity contribution is -0.113. The van der Waals surface area contributed by atoms with Crippen LogP contribution in [0.15, 0.2) is 59.8 Å². The molecule has 0 radical (unpaired) electrons. The molecule has 134 valence electrons. The number of anilines is 1. The predicted octanol–water partition coefficient (Wildman–Crippen LogP) is 4.72. The van der Waals surface area contributed by atoms with Gasteiger partial charge in [0.25, 0.3) is 0 Å². The average Bonchev–Trinajstić information content (AvgIpc) is 3.16. The Morgan fingerprint density at radius 1 is 1.15 bits per heavy atom. The number of thioether (sulfide) groups is 1. The van der Waals surface area contributed by atoms with Gasteiger partial charge in [0.1, 0.15) is 0 Å². The first-order valence-corrected chi connectivity index (χ1v) is 9.65. The van der Waals surface area contributed by atoms with E-state index in [1.165, 1.54) is 11.8 Å². The summed E-state index contributed by atoms with van der Waals surface area (Å²) < 4.78 is 0. The van der Waals surface area contributed by atoms with Gasteiger partial charge < -0.3 is 5.32 Å². The molecule has 1 amide bonds. The third-order valence-electron chi connectivity index (χ3n) is 4.22. The van der Waals surface area contributed by atoms with Crippen molar-refractivity contribution in [3.63, 3.8) is 0 Å². The van der Waals surface area contributed by atoms with Gasteiger partial charge in [-0.25, -0.2) is 4.98 Å². The molecule has 0 aliphatic heterocycles. The van der Waals surface area contributed by atoms with E-state index >= 15 is 0 Å². The molecule has 0 aliphatic rings. The van der Waals surface area contributed by atoms with Gasteiger partial charge in [0, 0.05) is 11.3 Å². The molecule has 6 heteroatoms. The summed E-state index contributed by atoms with van der Waals surface area (Å²) in [7, 11) is 0. The van der Waals surface area contributed by atoms with Crippen LogP contribution in [0.2, 0.25) is 0 Å². The summed E-state index contributed by atoms with van der Waals surface area (Å²) in [4.78, 5) is 16.8. The monoisotopic (exact) mass is 366 g/mol. The third-order valence-corrected chi connectivity index (χ3v) is 5.07. The molecule has 0 spiro atoms. The quantitative estimate of drug-likeness (QED) is 0.594. The molecule has 0 aliphatic carbocycles. The van der Waals surface area contributed by atoms with Crippen LogP contribution in [-0.4, -0.2) is 26.8 Å². The summed E-state index contributed by atoms with van der Waals surface area (Å²) in [5, 5.41) is 10.7. The number of amides is 1. The predicted molar refractivity (Wildman–Crippen MR) is 106 cm³/mol. The molecular formula is C20H22N4OS. The summed E-state index contributed by atoms with van der Waals surface area (Å²) in [6.45, 7) is 4.31. The van der Waals surface area contributed by atoms with Crippen LogP contribution < -0.4 is 5.32 Å². The number of hydrogen-bond acceptors (Lipinski definition) is 4. The molecule has 1 aromatic heterocycles. The molecule has 3 aromatic rings. The maximum absolute atomic E-state index is 12.3. The van der Waals surface area contributed by atoms with E-state index in [1.807, 2.05) is 48.5 Å². The highest BCUT2D eigenvalue weighted by atomic mass is 32.2. The van der Waals surface area contributed by atoms with E-state index in [0.717, 1.165) is 23.2 Å². The van der Waals surface area contributed by atoms with Gasteiger partial charge in [-0.15, -0.1) is 5.10 Å². The molecule has 0 saturated carbocycles. The average molecular weight is 366 g/mol. The molecule has 2 N–H and O–H groups in total. The Kier molecular flexibility index (Phi) is 6.07. The molecule has 1 heterocycles. The Hall–Kier alpha value is -2.60. The van der Waals surface area contributed by atoms with Gasteiger partial charge in [-0.05, 0) is 24.0 Å². The number of H-pyrrole nitrogens is 1. The Labute approximate surface area is 157 Å². The third kappa shape index (κ3) is 4.52. The van der Waals surface area contributed by atoms with Gasteiger partial charge in [-0.1, -0.05) is 74.1 Å². The van der Waals surface area contributed by atoms with E-state index in [1.54, 1.807) is 0 Å². The van der Waals surface area contributed by atoms with Crippen LogP contribution in [0.25, 0.3) is 11.4 Å². The zero-order chi connectivity index (χ0) is 18.4. The first-order chi connectivity index (χ1) is 12.7. The summed E-state index contributed by atoms with van der Waals surface area (Å²) in [6.07, 6.45) is 1.03. The van der Waals surface area contributed by atoms with Crippen molar-refractivity contribution in [2.45, 2.75) is 31.3 Å². The number of hydrogen-bond donors (Lipinski definition) is 2. The lowest BCUT2D eigenvalue weighted by atomic mass is 9.97.